The van der Waals surface area contributed by atoms with Crippen molar-refractivity contribution in [2.24, 2.45) is 11.8 Å². The standard InChI is InChI=1S/C12H19NO3/c1-8(14)4-3-7-13-11(15)9-5-2-6-10(9)12(13)16/h8-10,14H,2-7H2,1H3. The summed E-state index contributed by atoms with van der Waals surface area (Å²) in [5.41, 5.74) is 0. The molecule has 2 amide bonds. The Balaban J connectivity index is 1.91. The highest BCUT2D eigenvalue weighted by molar-refractivity contribution is 6.05. The van der Waals surface area contributed by atoms with E-state index in [-0.39, 0.29) is 29.8 Å². The first kappa shape index (κ1) is 11.6. The summed E-state index contributed by atoms with van der Waals surface area (Å²) >= 11 is 0. The maximum Gasteiger partial charge on any atom is 0.233 e. The van der Waals surface area contributed by atoms with Gasteiger partial charge in [-0.3, -0.25) is 14.5 Å². The molecule has 0 bridgehead atoms. The van der Waals surface area contributed by atoms with Crippen molar-refractivity contribution in [3.8, 4) is 0 Å². The highest BCUT2D eigenvalue weighted by Crippen LogP contribution is 2.39. The minimum absolute atomic E-state index is 0.0260. The summed E-state index contributed by atoms with van der Waals surface area (Å²) in [5.74, 6) is -0.00529. The number of hydrogen-bond acceptors (Lipinski definition) is 3. The predicted octanol–water partition coefficient (Wildman–Crippen LogP) is 0.933. The number of amides is 2. The largest absolute Gasteiger partial charge is 0.393 e. The molecule has 1 heterocycles. The molecule has 0 aromatic rings. The number of hydrogen-bond donors (Lipinski definition) is 1. The van der Waals surface area contributed by atoms with Crippen LogP contribution in [0.3, 0.4) is 0 Å². The molecule has 1 aliphatic heterocycles. The van der Waals surface area contributed by atoms with Crippen molar-refractivity contribution in [3.63, 3.8) is 0 Å². The van der Waals surface area contributed by atoms with E-state index in [0.29, 0.717) is 19.4 Å². The van der Waals surface area contributed by atoms with E-state index in [9.17, 15) is 9.59 Å². The van der Waals surface area contributed by atoms with Gasteiger partial charge in [-0.1, -0.05) is 6.42 Å². The van der Waals surface area contributed by atoms with Crippen LogP contribution in [0, 0.1) is 11.8 Å². The first-order chi connectivity index (χ1) is 7.61. The van der Waals surface area contributed by atoms with E-state index < -0.39 is 0 Å². The van der Waals surface area contributed by atoms with Crippen LogP contribution < -0.4 is 0 Å². The SMILES string of the molecule is CC(O)CCCN1C(=O)C2CCCC2C1=O. The fourth-order valence-electron chi connectivity index (χ4n) is 2.83. The third kappa shape index (κ3) is 1.98. The number of rotatable bonds is 4. The number of carbonyl (C=O) groups excluding carboxylic acids is 2. The lowest BCUT2D eigenvalue weighted by Gasteiger charge is -2.15. The molecule has 4 heteroatoms. The van der Waals surface area contributed by atoms with Gasteiger partial charge in [-0.25, -0.2) is 0 Å². The molecule has 90 valence electrons. The van der Waals surface area contributed by atoms with Gasteiger partial charge < -0.3 is 5.11 Å². The summed E-state index contributed by atoms with van der Waals surface area (Å²) in [6.45, 7) is 2.21. The van der Waals surface area contributed by atoms with Gasteiger partial charge in [0, 0.05) is 6.54 Å². The van der Waals surface area contributed by atoms with Crippen LogP contribution in [0.15, 0.2) is 0 Å². The van der Waals surface area contributed by atoms with Crippen LogP contribution in [0.25, 0.3) is 0 Å². The van der Waals surface area contributed by atoms with E-state index in [2.05, 4.69) is 0 Å². The smallest absolute Gasteiger partial charge is 0.233 e. The van der Waals surface area contributed by atoms with Gasteiger partial charge in [-0.05, 0) is 32.6 Å². The molecule has 2 aliphatic rings. The van der Waals surface area contributed by atoms with E-state index in [1.807, 2.05) is 0 Å². The molecule has 2 fully saturated rings. The van der Waals surface area contributed by atoms with Gasteiger partial charge in [0.25, 0.3) is 0 Å². The van der Waals surface area contributed by atoms with Crippen molar-refractivity contribution in [2.75, 3.05) is 6.54 Å². The van der Waals surface area contributed by atoms with Crippen molar-refractivity contribution < 1.29 is 14.7 Å². The third-order valence-electron chi connectivity index (χ3n) is 3.69. The molecule has 4 nitrogen and oxygen atoms in total. The molecule has 0 aromatic heterocycles. The van der Waals surface area contributed by atoms with Crippen molar-refractivity contribution in [2.45, 2.75) is 45.1 Å². The summed E-state index contributed by atoms with van der Waals surface area (Å²) in [5, 5.41) is 9.13. The minimum Gasteiger partial charge on any atom is -0.393 e. The van der Waals surface area contributed by atoms with Gasteiger partial charge in [0.15, 0.2) is 0 Å². The van der Waals surface area contributed by atoms with Gasteiger partial charge in [0.2, 0.25) is 11.8 Å². The molecular formula is C12H19NO3. The van der Waals surface area contributed by atoms with E-state index in [1.54, 1.807) is 6.92 Å². The number of likely N-dealkylation sites (tertiary alicyclic amines) is 1. The molecule has 1 aliphatic carbocycles. The van der Waals surface area contributed by atoms with Crippen molar-refractivity contribution >= 4 is 11.8 Å². The van der Waals surface area contributed by atoms with Crippen LogP contribution >= 0.6 is 0 Å². The molecule has 0 aromatic carbocycles. The molecule has 3 unspecified atom stereocenters. The average molecular weight is 225 g/mol. The normalized spacial score (nSPS) is 31.0. The first-order valence-electron chi connectivity index (χ1n) is 6.14. The minimum atomic E-state index is -0.354. The van der Waals surface area contributed by atoms with Gasteiger partial charge in [-0.2, -0.15) is 0 Å². The van der Waals surface area contributed by atoms with Crippen molar-refractivity contribution in [3.05, 3.63) is 0 Å². The maximum atomic E-state index is 11.9. The Bertz CT molecular complexity index is 279. The van der Waals surface area contributed by atoms with Gasteiger partial charge in [-0.15, -0.1) is 0 Å². The molecule has 1 N–H and O–H groups in total. The van der Waals surface area contributed by atoms with Gasteiger partial charge >= 0.3 is 0 Å². The van der Waals surface area contributed by atoms with Gasteiger partial charge in [0.1, 0.15) is 0 Å². The lowest BCUT2D eigenvalue weighted by atomic mass is 10.00. The van der Waals surface area contributed by atoms with Crippen LogP contribution in [0.4, 0.5) is 0 Å². The van der Waals surface area contributed by atoms with Crippen LogP contribution in [0.5, 0.6) is 0 Å². The van der Waals surface area contributed by atoms with E-state index >= 15 is 0 Å². The first-order valence-corrected chi connectivity index (χ1v) is 6.14. The van der Waals surface area contributed by atoms with Crippen LogP contribution in [0.2, 0.25) is 0 Å². The molecule has 16 heavy (non-hydrogen) atoms. The number of aliphatic hydroxyl groups excluding tert-OH is 1. The summed E-state index contributed by atoms with van der Waals surface area (Å²) in [4.78, 5) is 25.2. The number of fused-ring (bicyclic) bond motifs is 1. The molecule has 0 spiro atoms. The van der Waals surface area contributed by atoms with Crippen LogP contribution in [0.1, 0.15) is 39.0 Å². The zero-order valence-electron chi connectivity index (χ0n) is 9.69. The Labute approximate surface area is 95.6 Å². The number of aliphatic hydroxyl groups is 1. The number of nitrogens with zero attached hydrogens (tertiary/aromatic N) is 1. The fraction of sp³-hybridized carbons (Fsp3) is 0.833. The zero-order chi connectivity index (χ0) is 11.7. The van der Waals surface area contributed by atoms with Crippen LogP contribution in [-0.2, 0) is 9.59 Å². The molecule has 0 radical (unpaired) electrons. The molecule has 3 atom stereocenters. The molecule has 1 saturated heterocycles. The van der Waals surface area contributed by atoms with Crippen molar-refractivity contribution in [1.29, 1.82) is 0 Å². The summed E-state index contributed by atoms with van der Waals surface area (Å²) in [6.07, 6.45) is 3.76. The Kier molecular flexibility index (Phi) is 3.28. The molecule has 2 rings (SSSR count). The quantitative estimate of drug-likeness (QED) is 0.724. The Hall–Kier alpha value is -0.900. The number of carbonyl (C=O) groups is 2. The van der Waals surface area contributed by atoms with E-state index in [0.717, 1.165) is 19.3 Å². The maximum absolute atomic E-state index is 11.9. The van der Waals surface area contributed by atoms with E-state index in [1.165, 1.54) is 4.90 Å². The Morgan fingerprint density at radius 1 is 1.31 bits per heavy atom. The molecular weight excluding hydrogens is 206 g/mol. The molecule has 1 saturated carbocycles. The summed E-state index contributed by atoms with van der Waals surface area (Å²) in [7, 11) is 0. The van der Waals surface area contributed by atoms with Crippen LogP contribution in [-0.4, -0.2) is 34.5 Å². The number of imide groups is 1. The predicted molar refractivity (Wildman–Crippen MR) is 58.5 cm³/mol. The monoisotopic (exact) mass is 225 g/mol. The lowest BCUT2D eigenvalue weighted by molar-refractivity contribution is -0.140. The lowest BCUT2D eigenvalue weighted by Crippen LogP contribution is -2.33. The topological polar surface area (TPSA) is 57.6 Å². The highest BCUT2D eigenvalue weighted by Gasteiger charge is 2.49. The fourth-order valence-corrected chi connectivity index (χ4v) is 2.83. The zero-order valence-corrected chi connectivity index (χ0v) is 9.69. The third-order valence-corrected chi connectivity index (χ3v) is 3.69. The van der Waals surface area contributed by atoms with Gasteiger partial charge in [0.05, 0.1) is 17.9 Å². The highest BCUT2D eigenvalue weighted by atomic mass is 16.3. The summed E-state index contributed by atoms with van der Waals surface area (Å²) < 4.78 is 0. The second kappa shape index (κ2) is 4.53. The van der Waals surface area contributed by atoms with E-state index in [4.69, 9.17) is 5.11 Å². The Morgan fingerprint density at radius 3 is 2.38 bits per heavy atom. The second-order valence-electron chi connectivity index (χ2n) is 4.96. The average Bonchev–Trinajstić information content (AvgIpc) is 2.77. The van der Waals surface area contributed by atoms with Crippen molar-refractivity contribution in [1.82, 2.24) is 4.90 Å². The summed E-state index contributed by atoms with van der Waals surface area (Å²) in [6, 6.07) is 0. The second-order valence-corrected chi connectivity index (χ2v) is 4.96. The Morgan fingerprint density at radius 2 is 1.88 bits per heavy atom.